The number of hydrogen-bond donors (Lipinski definition) is 1. The second-order valence-electron chi connectivity index (χ2n) is 3.60. The zero-order valence-corrected chi connectivity index (χ0v) is 11.4. The maximum absolute atomic E-state index is 10.9. The van der Waals surface area contributed by atoms with E-state index in [4.69, 9.17) is 27.9 Å². The first-order valence-electron chi connectivity index (χ1n) is 5.62. The summed E-state index contributed by atoms with van der Waals surface area (Å²) in [6, 6.07) is 5.22. The normalized spacial score (nSPS) is 9.89. The van der Waals surface area contributed by atoms with E-state index in [1.165, 1.54) is 6.08 Å². The number of unbranched alkanes of at least 4 members (excludes halogenated alkanes) is 1. The Kier molecular flexibility index (Phi) is 6.61. The summed E-state index contributed by atoms with van der Waals surface area (Å²) in [6.45, 7) is 4.48. The average Bonchev–Trinajstić information content (AvgIpc) is 2.36. The van der Waals surface area contributed by atoms with Crippen LogP contribution in [-0.4, -0.2) is 19.1 Å². The molecule has 1 N–H and O–H groups in total. The number of halogens is 2. The Hall–Kier alpha value is -1.19. The number of para-hydroxylation sites is 1. The molecule has 0 heterocycles. The lowest BCUT2D eigenvalue weighted by molar-refractivity contribution is -0.116. The number of carbonyl (C=O) groups is 1. The van der Waals surface area contributed by atoms with Gasteiger partial charge in [-0.3, -0.25) is 4.79 Å². The minimum Gasteiger partial charge on any atom is -0.490 e. The van der Waals surface area contributed by atoms with Crippen molar-refractivity contribution in [2.75, 3.05) is 13.2 Å². The summed E-state index contributed by atoms with van der Waals surface area (Å²) < 4.78 is 5.50. The lowest BCUT2D eigenvalue weighted by Crippen LogP contribution is -2.22. The SMILES string of the molecule is C=CC(=O)NCCCCOc1c(Cl)cccc1Cl. The average molecular weight is 288 g/mol. The van der Waals surface area contributed by atoms with Crippen LogP contribution in [0.1, 0.15) is 12.8 Å². The maximum atomic E-state index is 10.9. The second kappa shape index (κ2) is 8.01. The standard InChI is InChI=1S/C13H15Cl2NO2/c1-2-12(17)16-8-3-4-9-18-13-10(14)6-5-7-11(13)15/h2,5-7H,1,3-4,8-9H2,(H,16,17). The molecule has 1 rings (SSSR count). The molecule has 0 saturated carbocycles. The van der Waals surface area contributed by atoms with Crippen LogP contribution >= 0.6 is 23.2 Å². The number of ether oxygens (including phenoxy) is 1. The number of amides is 1. The van der Waals surface area contributed by atoms with Crippen LogP contribution < -0.4 is 10.1 Å². The van der Waals surface area contributed by atoms with Crippen LogP contribution in [0.2, 0.25) is 10.0 Å². The molecular weight excluding hydrogens is 273 g/mol. The molecule has 3 nitrogen and oxygen atoms in total. The molecule has 0 aliphatic heterocycles. The molecular formula is C13H15Cl2NO2. The highest BCUT2D eigenvalue weighted by Crippen LogP contribution is 2.32. The van der Waals surface area contributed by atoms with Crippen LogP contribution in [0, 0.1) is 0 Å². The Labute approximate surface area is 117 Å². The van der Waals surface area contributed by atoms with Gasteiger partial charge in [-0.05, 0) is 31.1 Å². The van der Waals surface area contributed by atoms with Gasteiger partial charge < -0.3 is 10.1 Å². The summed E-state index contributed by atoms with van der Waals surface area (Å²) in [4.78, 5) is 10.9. The molecule has 0 aliphatic carbocycles. The molecule has 0 bridgehead atoms. The third kappa shape index (κ3) is 4.98. The summed E-state index contributed by atoms with van der Waals surface area (Å²) in [7, 11) is 0. The van der Waals surface area contributed by atoms with Crippen molar-refractivity contribution in [1.82, 2.24) is 5.32 Å². The summed E-state index contributed by atoms with van der Waals surface area (Å²) >= 11 is 11.9. The van der Waals surface area contributed by atoms with Gasteiger partial charge >= 0.3 is 0 Å². The minimum atomic E-state index is -0.162. The lowest BCUT2D eigenvalue weighted by atomic mass is 10.3. The molecule has 0 aromatic heterocycles. The maximum Gasteiger partial charge on any atom is 0.243 e. The Morgan fingerprint density at radius 2 is 2.00 bits per heavy atom. The summed E-state index contributed by atoms with van der Waals surface area (Å²) in [5.41, 5.74) is 0. The zero-order chi connectivity index (χ0) is 13.4. The molecule has 0 spiro atoms. The molecule has 0 radical (unpaired) electrons. The van der Waals surface area contributed by atoms with Gasteiger partial charge in [0.05, 0.1) is 16.7 Å². The van der Waals surface area contributed by atoms with Crippen LogP contribution in [0.4, 0.5) is 0 Å². The molecule has 1 aromatic carbocycles. The first-order chi connectivity index (χ1) is 8.65. The molecule has 98 valence electrons. The molecule has 5 heteroatoms. The van der Waals surface area contributed by atoms with Crippen LogP contribution in [0.15, 0.2) is 30.9 Å². The van der Waals surface area contributed by atoms with Crippen molar-refractivity contribution in [1.29, 1.82) is 0 Å². The molecule has 0 fully saturated rings. The number of hydrogen-bond acceptors (Lipinski definition) is 2. The quantitative estimate of drug-likeness (QED) is 0.616. The van der Waals surface area contributed by atoms with Crippen molar-refractivity contribution >= 4 is 29.1 Å². The van der Waals surface area contributed by atoms with Gasteiger partial charge in [0.1, 0.15) is 0 Å². The van der Waals surface area contributed by atoms with Crippen LogP contribution in [-0.2, 0) is 4.79 Å². The topological polar surface area (TPSA) is 38.3 Å². The van der Waals surface area contributed by atoms with Crippen LogP contribution in [0.5, 0.6) is 5.75 Å². The fraction of sp³-hybridized carbons (Fsp3) is 0.308. The van der Waals surface area contributed by atoms with E-state index in [-0.39, 0.29) is 5.91 Å². The fourth-order valence-electron chi connectivity index (χ4n) is 1.31. The molecule has 18 heavy (non-hydrogen) atoms. The van der Waals surface area contributed by atoms with Gasteiger partial charge in [0, 0.05) is 6.54 Å². The molecule has 1 amide bonds. The van der Waals surface area contributed by atoms with E-state index in [1.807, 2.05) is 0 Å². The van der Waals surface area contributed by atoms with Crippen molar-refractivity contribution < 1.29 is 9.53 Å². The first-order valence-corrected chi connectivity index (χ1v) is 6.38. The van der Waals surface area contributed by atoms with Crippen molar-refractivity contribution in [3.05, 3.63) is 40.9 Å². The van der Waals surface area contributed by atoms with Crippen molar-refractivity contribution in [2.24, 2.45) is 0 Å². The largest absolute Gasteiger partial charge is 0.490 e. The van der Waals surface area contributed by atoms with Gasteiger partial charge in [-0.2, -0.15) is 0 Å². The molecule has 1 aromatic rings. The fourth-order valence-corrected chi connectivity index (χ4v) is 1.81. The minimum absolute atomic E-state index is 0.162. The third-order valence-corrected chi connectivity index (χ3v) is 2.82. The van der Waals surface area contributed by atoms with E-state index in [1.54, 1.807) is 18.2 Å². The summed E-state index contributed by atoms with van der Waals surface area (Å²) in [5, 5.41) is 3.69. The Balaban J connectivity index is 2.22. The van der Waals surface area contributed by atoms with Gasteiger partial charge in [-0.15, -0.1) is 0 Å². The Bertz CT molecular complexity index is 401. The zero-order valence-electron chi connectivity index (χ0n) is 9.92. The third-order valence-electron chi connectivity index (χ3n) is 2.22. The van der Waals surface area contributed by atoms with E-state index >= 15 is 0 Å². The highest BCUT2D eigenvalue weighted by atomic mass is 35.5. The lowest BCUT2D eigenvalue weighted by Gasteiger charge is -2.09. The number of benzene rings is 1. The number of nitrogens with one attached hydrogen (secondary N) is 1. The molecule has 0 unspecified atom stereocenters. The monoisotopic (exact) mass is 287 g/mol. The van der Waals surface area contributed by atoms with Gasteiger partial charge in [0.15, 0.2) is 5.75 Å². The summed E-state index contributed by atoms with van der Waals surface area (Å²) in [6.07, 6.45) is 2.88. The predicted octanol–water partition coefficient (Wildman–Crippen LogP) is 3.45. The van der Waals surface area contributed by atoms with Gasteiger partial charge in [0.25, 0.3) is 0 Å². The van der Waals surface area contributed by atoms with E-state index < -0.39 is 0 Å². The molecule has 0 aliphatic rings. The van der Waals surface area contributed by atoms with Crippen molar-refractivity contribution in [2.45, 2.75) is 12.8 Å². The molecule has 0 atom stereocenters. The molecule has 0 saturated heterocycles. The van der Waals surface area contributed by atoms with E-state index in [0.717, 1.165) is 12.8 Å². The number of carbonyl (C=O) groups excluding carboxylic acids is 1. The van der Waals surface area contributed by atoms with E-state index in [2.05, 4.69) is 11.9 Å². The van der Waals surface area contributed by atoms with E-state index in [0.29, 0.717) is 28.9 Å². The van der Waals surface area contributed by atoms with Crippen molar-refractivity contribution in [3.8, 4) is 5.75 Å². The van der Waals surface area contributed by atoms with Crippen LogP contribution in [0.25, 0.3) is 0 Å². The Morgan fingerprint density at radius 3 is 2.61 bits per heavy atom. The summed E-state index contributed by atoms with van der Waals surface area (Å²) in [5.74, 6) is 0.348. The van der Waals surface area contributed by atoms with Gasteiger partial charge in [0.2, 0.25) is 5.91 Å². The predicted molar refractivity (Wildman–Crippen MR) is 74.4 cm³/mol. The van der Waals surface area contributed by atoms with Crippen molar-refractivity contribution in [3.63, 3.8) is 0 Å². The second-order valence-corrected chi connectivity index (χ2v) is 4.42. The number of rotatable bonds is 7. The van der Waals surface area contributed by atoms with E-state index in [9.17, 15) is 4.79 Å². The highest BCUT2D eigenvalue weighted by molar-refractivity contribution is 6.37. The first kappa shape index (κ1) is 14.9. The van der Waals surface area contributed by atoms with Gasteiger partial charge in [-0.1, -0.05) is 35.8 Å². The Morgan fingerprint density at radius 1 is 1.33 bits per heavy atom. The highest BCUT2D eigenvalue weighted by Gasteiger charge is 2.05. The van der Waals surface area contributed by atoms with Crippen LogP contribution in [0.3, 0.4) is 0 Å². The van der Waals surface area contributed by atoms with Gasteiger partial charge in [-0.25, -0.2) is 0 Å². The smallest absolute Gasteiger partial charge is 0.243 e.